The van der Waals surface area contributed by atoms with Gasteiger partial charge >= 0.3 is 5.97 Å². The van der Waals surface area contributed by atoms with E-state index in [1.54, 1.807) is 32.0 Å². The van der Waals surface area contributed by atoms with Gasteiger partial charge in [0, 0.05) is 5.56 Å². The predicted molar refractivity (Wildman–Crippen MR) is 65.5 cm³/mol. The summed E-state index contributed by atoms with van der Waals surface area (Å²) in [5.74, 6) is -1.00. The highest BCUT2D eigenvalue weighted by Gasteiger charge is 2.55. The molecule has 2 aliphatic rings. The summed E-state index contributed by atoms with van der Waals surface area (Å²) in [7, 11) is 0. The van der Waals surface area contributed by atoms with Crippen LogP contribution in [0.4, 0.5) is 0 Å². The van der Waals surface area contributed by atoms with Crippen LogP contribution in [-0.4, -0.2) is 34.0 Å². The van der Waals surface area contributed by atoms with Gasteiger partial charge in [0.05, 0.1) is 11.7 Å². The van der Waals surface area contributed by atoms with Crippen molar-refractivity contribution in [3.05, 3.63) is 29.8 Å². The number of ether oxygens (including phenoxy) is 2. The highest BCUT2D eigenvalue weighted by Crippen LogP contribution is 2.47. The third-order valence-electron chi connectivity index (χ3n) is 3.87. The lowest BCUT2D eigenvalue weighted by atomic mass is 9.78. The van der Waals surface area contributed by atoms with Crippen LogP contribution in [-0.2, 0) is 9.53 Å². The molecule has 0 spiro atoms. The van der Waals surface area contributed by atoms with Crippen molar-refractivity contribution < 1.29 is 24.5 Å². The van der Waals surface area contributed by atoms with E-state index in [1.807, 2.05) is 6.07 Å². The van der Waals surface area contributed by atoms with Gasteiger partial charge in [-0.2, -0.15) is 0 Å². The van der Waals surface area contributed by atoms with Gasteiger partial charge in [-0.1, -0.05) is 18.2 Å². The summed E-state index contributed by atoms with van der Waals surface area (Å²) in [6, 6.07) is 7.09. The van der Waals surface area contributed by atoms with Crippen molar-refractivity contribution in [3.63, 3.8) is 0 Å². The smallest absolute Gasteiger partial charge is 0.320 e. The Bertz CT molecular complexity index is 524. The minimum Gasteiger partial charge on any atom is -0.426 e. The molecule has 1 aromatic rings. The van der Waals surface area contributed by atoms with Gasteiger partial charge in [-0.3, -0.25) is 4.79 Å². The van der Waals surface area contributed by atoms with Gasteiger partial charge < -0.3 is 19.7 Å². The third kappa shape index (κ3) is 1.77. The summed E-state index contributed by atoms with van der Waals surface area (Å²) in [4.78, 5) is 12.0. The van der Waals surface area contributed by atoms with Gasteiger partial charge in [-0.15, -0.1) is 0 Å². The number of para-hydroxylation sites is 1. The van der Waals surface area contributed by atoms with Crippen LogP contribution in [0.2, 0.25) is 0 Å². The Kier molecular flexibility index (Phi) is 2.67. The van der Waals surface area contributed by atoms with E-state index in [0.29, 0.717) is 5.75 Å². The Morgan fingerprint density at radius 1 is 1.21 bits per heavy atom. The zero-order valence-electron chi connectivity index (χ0n) is 10.7. The molecule has 3 rings (SSSR count). The van der Waals surface area contributed by atoms with Crippen LogP contribution >= 0.6 is 0 Å². The van der Waals surface area contributed by atoms with Gasteiger partial charge in [-0.05, 0) is 19.9 Å². The normalized spacial score (nSPS) is 36.1. The lowest BCUT2D eigenvalue weighted by Gasteiger charge is -2.48. The largest absolute Gasteiger partial charge is 0.426 e. The van der Waals surface area contributed by atoms with Gasteiger partial charge in [-0.25, -0.2) is 0 Å². The van der Waals surface area contributed by atoms with E-state index in [0.717, 1.165) is 5.56 Å². The highest BCUT2D eigenvalue weighted by molar-refractivity contribution is 5.79. The topological polar surface area (TPSA) is 76.0 Å². The van der Waals surface area contributed by atoms with Crippen molar-refractivity contribution in [2.45, 2.75) is 37.8 Å². The minimum absolute atomic E-state index is 0.452. The molecule has 2 aliphatic heterocycles. The molecule has 0 aliphatic carbocycles. The molecule has 102 valence electrons. The monoisotopic (exact) mass is 264 g/mol. The maximum Gasteiger partial charge on any atom is 0.320 e. The average Bonchev–Trinajstić information content (AvgIpc) is 2.35. The van der Waals surface area contributed by atoms with E-state index in [2.05, 4.69) is 0 Å². The van der Waals surface area contributed by atoms with Gasteiger partial charge in [0.2, 0.25) is 0 Å². The molecule has 0 saturated carbocycles. The van der Waals surface area contributed by atoms with E-state index in [1.165, 1.54) is 0 Å². The molecular weight excluding hydrogens is 248 g/mol. The van der Waals surface area contributed by atoms with Gasteiger partial charge in [0.1, 0.15) is 23.9 Å². The average molecular weight is 264 g/mol. The summed E-state index contributed by atoms with van der Waals surface area (Å²) < 4.78 is 11.0. The second kappa shape index (κ2) is 4.03. The molecule has 2 unspecified atom stereocenters. The number of carbonyl (C=O) groups is 1. The van der Waals surface area contributed by atoms with Crippen molar-refractivity contribution in [1.29, 1.82) is 0 Å². The van der Waals surface area contributed by atoms with Crippen LogP contribution in [0.3, 0.4) is 0 Å². The Morgan fingerprint density at radius 2 is 1.89 bits per heavy atom. The molecule has 0 bridgehead atoms. The van der Waals surface area contributed by atoms with E-state index < -0.39 is 35.8 Å². The van der Waals surface area contributed by atoms with Crippen LogP contribution in [0.5, 0.6) is 5.75 Å². The van der Waals surface area contributed by atoms with Crippen LogP contribution in [0.15, 0.2) is 24.3 Å². The molecule has 0 radical (unpaired) electrons. The fourth-order valence-electron chi connectivity index (χ4n) is 2.76. The quantitative estimate of drug-likeness (QED) is 0.535. The molecule has 1 aromatic carbocycles. The minimum atomic E-state index is -1.20. The highest BCUT2D eigenvalue weighted by atomic mass is 16.6. The molecule has 1 saturated heterocycles. The number of benzene rings is 1. The molecular formula is C14H16O5. The second-order valence-electron chi connectivity index (χ2n) is 5.56. The molecule has 2 N–H and O–H groups in total. The standard InChI is InChI=1S/C14H16O5/c1-14(2)12(16)10(15)9-11(19-14)7-5-3-4-6-8(7)18-13(9)17/h3-6,9-12,15-16H,1-2H3/t9?,10-,11?,12-/m0/s1. The van der Waals surface area contributed by atoms with Crippen molar-refractivity contribution in [2.75, 3.05) is 0 Å². The van der Waals surface area contributed by atoms with Crippen molar-refractivity contribution in [1.82, 2.24) is 0 Å². The lowest BCUT2D eigenvalue weighted by molar-refractivity contribution is -0.246. The van der Waals surface area contributed by atoms with E-state index in [9.17, 15) is 15.0 Å². The number of esters is 1. The van der Waals surface area contributed by atoms with Crippen molar-refractivity contribution in [2.24, 2.45) is 5.92 Å². The molecule has 0 aromatic heterocycles. The molecule has 0 amide bonds. The SMILES string of the molecule is CC1(C)OC2c3ccccc3OC(=O)C2[C@H](O)[C@@H]1O. The first kappa shape index (κ1) is 12.6. The third-order valence-corrected chi connectivity index (χ3v) is 3.87. The van der Waals surface area contributed by atoms with Crippen molar-refractivity contribution in [3.8, 4) is 5.75 Å². The van der Waals surface area contributed by atoms with E-state index >= 15 is 0 Å². The Hall–Kier alpha value is -1.43. The van der Waals surface area contributed by atoms with Crippen LogP contribution in [0.25, 0.3) is 0 Å². The fraction of sp³-hybridized carbons (Fsp3) is 0.500. The molecule has 4 atom stereocenters. The summed E-state index contributed by atoms with van der Waals surface area (Å²) in [5.41, 5.74) is -0.197. The Balaban J connectivity index is 2.09. The van der Waals surface area contributed by atoms with Crippen molar-refractivity contribution >= 4 is 5.97 Å². The molecule has 5 heteroatoms. The first-order chi connectivity index (χ1) is 8.92. The van der Waals surface area contributed by atoms with Crippen LogP contribution in [0.1, 0.15) is 25.5 Å². The molecule has 1 fully saturated rings. The predicted octanol–water partition coefficient (Wildman–Crippen LogP) is 0.793. The van der Waals surface area contributed by atoms with Crippen LogP contribution in [0, 0.1) is 5.92 Å². The number of rotatable bonds is 0. The zero-order valence-corrected chi connectivity index (χ0v) is 10.7. The fourth-order valence-corrected chi connectivity index (χ4v) is 2.76. The lowest BCUT2D eigenvalue weighted by Crippen LogP contribution is -2.60. The first-order valence-electron chi connectivity index (χ1n) is 6.26. The van der Waals surface area contributed by atoms with Gasteiger partial charge in [0.25, 0.3) is 0 Å². The summed E-state index contributed by atoms with van der Waals surface area (Å²) in [6.07, 6.45) is -2.92. The second-order valence-corrected chi connectivity index (χ2v) is 5.56. The maximum absolute atomic E-state index is 12.0. The van der Waals surface area contributed by atoms with Gasteiger partial charge in [0.15, 0.2) is 0 Å². The number of carbonyl (C=O) groups excluding carboxylic acids is 1. The number of fused-ring (bicyclic) bond motifs is 3. The number of hydrogen-bond acceptors (Lipinski definition) is 5. The molecule has 2 heterocycles. The maximum atomic E-state index is 12.0. The molecule has 19 heavy (non-hydrogen) atoms. The zero-order chi connectivity index (χ0) is 13.8. The Morgan fingerprint density at radius 3 is 2.63 bits per heavy atom. The summed E-state index contributed by atoms with van der Waals surface area (Å²) >= 11 is 0. The van der Waals surface area contributed by atoms with Crippen LogP contribution < -0.4 is 4.74 Å². The van der Waals surface area contributed by atoms with E-state index in [-0.39, 0.29) is 0 Å². The summed E-state index contributed by atoms with van der Waals surface area (Å²) in [6.45, 7) is 3.39. The number of aliphatic hydroxyl groups is 2. The number of aliphatic hydroxyl groups excluding tert-OH is 2. The molecule has 5 nitrogen and oxygen atoms in total. The number of hydrogen-bond donors (Lipinski definition) is 2. The Labute approximate surface area is 110 Å². The van der Waals surface area contributed by atoms with E-state index in [4.69, 9.17) is 9.47 Å². The first-order valence-corrected chi connectivity index (χ1v) is 6.26. The summed E-state index contributed by atoms with van der Waals surface area (Å²) in [5, 5.41) is 20.2.